The van der Waals surface area contributed by atoms with E-state index >= 15 is 0 Å². The number of rotatable bonds is 0. The molecule has 9 heavy (non-hydrogen) atoms. The number of aromatic nitrogens is 2. The van der Waals surface area contributed by atoms with Crippen LogP contribution in [-0.2, 0) is 0 Å². The molecule has 1 heterocycles. The first-order chi connectivity index (χ1) is 4.22. The summed E-state index contributed by atoms with van der Waals surface area (Å²) < 4.78 is 12.6. The minimum absolute atomic E-state index is 0.308. The van der Waals surface area contributed by atoms with Crippen LogP contribution in [0.5, 0.6) is 0 Å². The minimum Gasteiger partial charge on any atom is -0.249 e. The Hall–Kier alpha value is -0.860. The molecule has 0 aromatic carbocycles. The van der Waals surface area contributed by atoms with Crippen molar-refractivity contribution in [3.05, 3.63) is 12.1 Å². The second-order valence-electron chi connectivity index (χ2n) is 1.86. The van der Waals surface area contributed by atoms with Gasteiger partial charge in [0, 0.05) is 11.2 Å². The maximum absolute atomic E-state index is 12.6. The van der Waals surface area contributed by atoms with Crippen LogP contribution in [0.3, 0.4) is 0 Å². The average Bonchev–Trinajstić information content (AvgIpc) is 1.83. The predicted molar refractivity (Wildman–Crippen MR) is 38.3 cm³/mol. The van der Waals surface area contributed by atoms with E-state index in [0.717, 1.165) is 0 Å². The molecule has 44 valence electrons. The van der Waals surface area contributed by atoms with E-state index in [2.05, 4.69) is 9.97 Å². The van der Waals surface area contributed by atoms with Crippen molar-refractivity contribution in [2.24, 2.45) is 0 Å². The molecule has 1 rings (SSSR count). The molecule has 1 aromatic heterocycles. The lowest BCUT2D eigenvalue weighted by Gasteiger charge is -1.95. The van der Waals surface area contributed by atoms with E-state index in [-0.39, 0.29) is 5.82 Å². The van der Waals surface area contributed by atoms with E-state index in [1.807, 2.05) is 0 Å². The number of hydrogen-bond donors (Lipinski definition) is 0. The lowest BCUT2D eigenvalue weighted by molar-refractivity contribution is 0.634. The molecule has 0 radical (unpaired) electrons. The van der Waals surface area contributed by atoms with Crippen LogP contribution in [0.25, 0.3) is 0 Å². The van der Waals surface area contributed by atoms with Gasteiger partial charge in [0.1, 0.15) is 12.1 Å². The zero-order chi connectivity index (χ0) is 6.85. The molecule has 0 spiro atoms. The Morgan fingerprint density at radius 2 is 1.67 bits per heavy atom. The highest BCUT2D eigenvalue weighted by Gasteiger charge is 1.99. The standard InChI is InChI=1S/C4H5B2FN2/c5-3-2(7)4(6)9-1-8-3/h1H,5-6H2. The molecule has 0 atom stereocenters. The van der Waals surface area contributed by atoms with Gasteiger partial charge in [-0.05, 0) is 0 Å². The summed E-state index contributed by atoms with van der Waals surface area (Å²) in [5.41, 5.74) is 0.810. The van der Waals surface area contributed by atoms with Crippen LogP contribution in [0.15, 0.2) is 6.33 Å². The molecule has 0 N–H and O–H groups in total. The number of nitrogens with zero attached hydrogens (tertiary/aromatic N) is 2. The number of halogens is 1. The topological polar surface area (TPSA) is 25.8 Å². The van der Waals surface area contributed by atoms with E-state index in [0.29, 0.717) is 11.2 Å². The fraction of sp³-hybridized carbons (Fsp3) is 0. The Kier molecular flexibility index (Phi) is 1.51. The summed E-state index contributed by atoms with van der Waals surface area (Å²) in [4.78, 5) is 7.31. The molecule has 0 aliphatic heterocycles. The molecule has 0 fully saturated rings. The van der Waals surface area contributed by atoms with Gasteiger partial charge >= 0.3 is 0 Å². The van der Waals surface area contributed by atoms with Crippen LogP contribution < -0.4 is 11.2 Å². The maximum Gasteiger partial charge on any atom is 0.168 e. The van der Waals surface area contributed by atoms with Crippen LogP contribution >= 0.6 is 0 Å². The molecular formula is C4H5B2FN2. The molecule has 1 aromatic rings. The third kappa shape index (κ3) is 1.09. The SMILES string of the molecule is Bc1ncnc(B)c1F. The van der Waals surface area contributed by atoms with Crippen molar-refractivity contribution in [1.82, 2.24) is 9.97 Å². The van der Waals surface area contributed by atoms with Crippen molar-refractivity contribution in [3.63, 3.8) is 0 Å². The van der Waals surface area contributed by atoms with E-state index in [1.54, 1.807) is 15.7 Å². The van der Waals surface area contributed by atoms with E-state index in [1.165, 1.54) is 6.33 Å². The Morgan fingerprint density at radius 1 is 1.22 bits per heavy atom. The normalized spacial score (nSPS) is 9.44. The van der Waals surface area contributed by atoms with Crippen LogP contribution in [0.2, 0.25) is 0 Å². The zero-order valence-electron chi connectivity index (χ0n) is 5.35. The largest absolute Gasteiger partial charge is 0.249 e. The highest BCUT2D eigenvalue weighted by molar-refractivity contribution is 6.36. The van der Waals surface area contributed by atoms with Crippen molar-refractivity contribution >= 4 is 26.9 Å². The average molecular weight is 122 g/mol. The molecule has 0 unspecified atom stereocenters. The molecule has 0 bridgehead atoms. The van der Waals surface area contributed by atoms with Gasteiger partial charge in [-0.3, -0.25) is 0 Å². The molecule has 0 aliphatic carbocycles. The lowest BCUT2D eigenvalue weighted by atomic mass is 9.96. The first-order valence-corrected chi connectivity index (χ1v) is 2.65. The summed E-state index contributed by atoms with van der Waals surface area (Å²) in [6.07, 6.45) is 1.35. The summed E-state index contributed by atoms with van der Waals surface area (Å²) in [6.45, 7) is 0. The quantitative estimate of drug-likeness (QED) is 0.345. The molecule has 0 amide bonds. The van der Waals surface area contributed by atoms with Gasteiger partial charge in [-0.25, -0.2) is 14.4 Å². The van der Waals surface area contributed by atoms with E-state index in [9.17, 15) is 4.39 Å². The fourth-order valence-corrected chi connectivity index (χ4v) is 0.577. The molecule has 2 nitrogen and oxygen atoms in total. The minimum atomic E-state index is -0.308. The van der Waals surface area contributed by atoms with Gasteiger partial charge in [0.05, 0.1) is 0 Å². The third-order valence-corrected chi connectivity index (χ3v) is 1.14. The Balaban J connectivity index is 3.25. The van der Waals surface area contributed by atoms with Crippen LogP contribution in [-0.4, -0.2) is 25.7 Å². The first-order valence-electron chi connectivity index (χ1n) is 2.65. The van der Waals surface area contributed by atoms with E-state index in [4.69, 9.17) is 0 Å². The van der Waals surface area contributed by atoms with Crippen LogP contribution in [0.1, 0.15) is 0 Å². The Morgan fingerprint density at radius 3 is 2.00 bits per heavy atom. The molecular weight excluding hydrogens is 117 g/mol. The lowest BCUT2D eigenvalue weighted by Crippen LogP contribution is -2.26. The van der Waals surface area contributed by atoms with Crippen molar-refractivity contribution in [1.29, 1.82) is 0 Å². The van der Waals surface area contributed by atoms with Crippen molar-refractivity contribution < 1.29 is 4.39 Å². The summed E-state index contributed by atoms with van der Waals surface area (Å²) in [6, 6.07) is 0. The first kappa shape index (κ1) is 6.26. The second-order valence-corrected chi connectivity index (χ2v) is 1.86. The Bertz CT molecular complexity index is 208. The number of hydrogen-bond acceptors (Lipinski definition) is 2. The Labute approximate surface area is 54.3 Å². The second kappa shape index (κ2) is 2.17. The third-order valence-electron chi connectivity index (χ3n) is 1.14. The summed E-state index contributed by atoms with van der Waals surface area (Å²) in [5, 5.41) is 0. The van der Waals surface area contributed by atoms with Gasteiger partial charge in [0.25, 0.3) is 0 Å². The molecule has 0 saturated carbocycles. The van der Waals surface area contributed by atoms with Gasteiger partial charge in [-0.1, -0.05) is 0 Å². The monoisotopic (exact) mass is 122 g/mol. The predicted octanol–water partition coefficient (Wildman–Crippen LogP) is -2.87. The van der Waals surface area contributed by atoms with Crippen molar-refractivity contribution in [3.8, 4) is 0 Å². The van der Waals surface area contributed by atoms with Crippen LogP contribution in [0, 0.1) is 5.82 Å². The molecule has 0 aliphatic rings. The van der Waals surface area contributed by atoms with Gasteiger partial charge in [0.15, 0.2) is 15.7 Å². The maximum atomic E-state index is 12.6. The summed E-state index contributed by atoms with van der Waals surface area (Å²) in [7, 11) is 3.23. The molecule has 5 heteroatoms. The smallest absolute Gasteiger partial charge is 0.168 e. The molecule has 0 saturated heterocycles. The highest BCUT2D eigenvalue weighted by atomic mass is 19.1. The fourth-order valence-electron chi connectivity index (χ4n) is 0.577. The van der Waals surface area contributed by atoms with Gasteiger partial charge in [-0.2, -0.15) is 0 Å². The van der Waals surface area contributed by atoms with Gasteiger partial charge in [-0.15, -0.1) is 0 Å². The zero-order valence-corrected chi connectivity index (χ0v) is 5.35. The van der Waals surface area contributed by atoms with Crippen molar-refractivity contribution in [2.45, 2.75) is 0 Å². The van der Waals surface area contributed by atoms with Crippen molar-refractivity contribution in [2.75, 3.05) is 0 Å². The summed E-state index contributed by atoms with van der Waals surface area (Å²) in [5.74, 6) is -0.308. The van der Waals surface area contributed by atoms with Gasteiger partial charge < -0.3 is 0 Å². The summed E-state index contributed by atoms with van der Waals surface area (Å²) >= 11 is 0. The van der Waals surface area contributed by atoms with Crippen LogP contribution in [0.4, 0.5) is 4.39 Å². The van der Waals surface area contributed by atoms with E-state index < -0.39 is 0 Å². The van der Waals surface area contributed by atoms with Gasteiger partial charge in [0.2, 0.25) is 0 Å². The highest BCUT2D eigenvalue weighted by Crippen LogP contribution is 1.77.